The second-order valence-electron chi connectivity index (χ2n) is 4.57. The van der Waals surface area contributed by atoms with Crippen molar-refractivity contribution in [2.75, 3.05) is 13.2 Å². The Bertz CT molecular complexity index is 594. The van der Waals surface area contributed by atoms with Crippen molar-refractivity contribution >= 4 is 27.0 Å². The third-order valence-electron chi connectivity index (χ3n) is 2.98. The standard InChI is InChI=1S/C17H21O3PSe/c1-3-19-21(18,20-4-2)17(15-11-7-5-8-12-15)22-16-13-9-6-10-14-16/h5-14,17H,3-4H2,1-2H3. The molecule has 0 spiro atoms. The average molecular weight is 383 g/mol. The Morgan fingerprint density at radius 3 is 1.91 bits per heavy atom. The molecular formula is C17H21O3PSe. The van der Waals surface area contributed by atoms with Crippen molar-refractivity contribution in [2.24, 2.45) is 0 Å². The van der Waals surface area contributed by atoms with Crippen LogP contribution in [0.4, 0.5) is 0 Å². The van der Waals surface area contributed by atoms with E-state index in [9.17, 15) is 4.57 Å². The molecule has 0 heterocycles. The Labute approximate surface area is 138 Å². The SMILES string of the molecule is CCOP(=O)(OCC)C([Se]c1ccccc1)c1ccccc1. The van der Waals surface area contributed by atoms with Gasteiger partial charge in [0.2, 0.25) is 0 Å². The molecule has 2 aromatic rings. The number of hydrogen-bond acceptors (Lipinski definition) is 3. The van der Waals surface area contributed by atoms with Crippen molar-refractivity contribution in [1.29, 1.82) is 0 Å². The molecule has 5 heteroatoms. The summed E-state index contributed by atoms with van der Waals surface area (Å²) in [6.07, 6.45) is 0. The summed E-state index contributed by atoms with van der Waals surface area (Å²) in [4.78, 5) is 0. The first-order valence-corrected chi connectivity index (χ1v) is 10.8. The van der Waals surface area contributed by atoms with E-state index in [-0.39, 0.29) is 19.5 Å². The van der Waals surface area contributed by atoms with Gasteiger partial charge in [-0.05, 0) is 0 Å². The molecule has 2 rings (SSSR count). The van der Waals surface area contributed by atoms with Gasteiger partial charge < -0.3 is 0 Å². The fourth-order valence-electron chi connectivity index (χ4n) is 2.09. The summed E-state index contributed by atoms with van der Waals surface area (Å²) in [5.41, 5.74) is 1.01. The van der Waals surface area contributed by atoms with Gasteiger partial charge in [-0.2, -0.15) is 0 Å². The summed E-state index contributed by atoms with van der Waals surface area (Å²) >= 11 is -0.0392. The van der Waals surface area contributed by atoms with Gasteiger partial charge in [0.1, 0.15) is 0 Å². The van der Waals surface area contributed by atoms with Crippen LogP contribution in [0.15, 0.2) is 60.7 Å². The van der Waals surface area contributed by atoms with E-state index >= 15 is 0 Å². The van der Waals surface area contributed by atoms with Crippen LogP contribution >= 0.6 is 7.60 Å². The average Bonchev–Trinajstić information content (AvgIpc) is 2.55. The van der Waals surface area contributed by atoms with Crippen LogP contribution in [0.2, 0.25) is 0 Å². The zero-order valence-corrected chi connectivity index (χ0v) is 15.5. The third-order valence-corrected chi connectivity index (χ3v) is 9.44. The van der Waals surface area contributed by atoms with Gasteiger partial charge in [0.15, 0.2) is 0 Å². The van der Waals surface area contributed by atoms with Crippen LogP contribution in [0.25, 0.3) is 0 Å². The second-order valence-corrected chi connectivity index (χ2v) is 9.94. The van der Waals surface area contributed by atoms with Crippen molar-refractivity contribution in [3.8, 4) is 0 Å². The van der Waals surface area contributed by atoms with E-state index in [1.165, 1.54) is 4.46 Å². The zero-order valence-electron chi connectivity index (χ0n) is 12.8. The molecule has 0 bridgehead atoms. The summed E-state index contributed by atoms with van der Waals surface area (Å²) in [5.74, 6) is 0. The monoisotopic (exact) mass is 384 g/mol. The summed E-state index contributed by atoms with van der Waals surface area (Å²) < 4.78 is 25.5. The summed E-state index contributed by atoms with van der Waals surface area (Å²) in [7, 11) is -3.19. The minimum absolute atomic E-state index is 0.0392. The first-order chi connectivity index (χ1) is 10.7. The Morgan fingerprint density at radius 1 is 0.909 bits per heavy atom. The van der Waals surface area contributed by atoms with Crippen LogP contribution in [-0.4, -0.2) is 28.2 Å². The Morgan fingerprint density at radius 2 is 1.41 bits per heavy atom. The first-order valence-electron chi connectivity index (χ1n) is 7.35. The predicted octanol–water partition coefficient (Wildman–Crippen LogP) is 3.98. The molecule has 0 fully saturated rings. The molecule has 3 nitrogen and oxygen atoms in total. The normalized spacial score (nSPS) is 13.0. The molecule has 0 aliphatic carbocycles. The number of benzene rings is 2. The van der Waals surface area contributed by atoms with Crippen LogP contribution in [0.5, 0.6) is 0 Å². The predicted molar refractivity (Wildman–Crippen MR) is 91.9 cm³/mol. The van der Waals surface area contributed by atoms with E-state index in [0.29, 0.717) is 13.2 Å². The number of rotatable bonds is 8. The molecule has 2 aromatic carbocycles. The summed E-state index contributed by atoms with van der Waals surface area (Å²) in [6.45, 7) is 4.46. The van der Waals surface area contributed by atoms with Gasteiger partial charge >= 0.3 is 138 Å². The van der Waals surface area contributed by atoms with E-state index in [1.54, 1.807) is 0 Å². The van der Waals surface area contributed by atoms with Crippen LogP contribution in [0.1, 0.15) is 24.0 Å². The minimum atomic E-state index is -3.19. The third kappa shape index (κ3) is 4.55. The van der Waals surface area contributed by atoms with Gasteiger partial charge in [-0.15, -0.1) is 0 Å². The molecule has 0 aliphatic rings. The van der Waals surface area contributed by atoms with E-state index in [1.807, 2.05) is 62.4 Å². The Kier molecular flexibility index (Phi) is 6.88. The molecule has 0 aliphatic heterocycles. The molecule has 118 valence electrons. The van der Waals surface area contributed by atoms with Crippen LogP contribution in [-0.2, 0) is 13.6 Å². The van der Waals surface area contributed by atoms with E-state index in [4.69, 9.17) is 9.05 Å². The van der Waals surface area contributed by atoms with Crippen molar-refractivity contribution in [2.45, 2.75) is 18.4 Å². The van der Waals surface area contributed by atoms with Gasteiger partial charge in [-0.25, -0.2) is 0 Å². The molecular weight excluding hydrogens is 362 g/mol. The van der Waals surface area contributed by atoms with Crippen LogP contribution in [0.3, 0.4) is 0 Å². The molecule has 1 atom stereocenters. The molecule has 0 saturated heterocycles. The van der Waals surface area contributed by atoms with Gasteiger partial charge in [-0.1, -0.05) is 0 Å². The fraction of sp³-hybridized carbons (Fsp3) is 0.294. The summed E-state index contributed by atoms with van der Waals surface area (Å²) in [5, 5.41) is 0. The number of hydrogen-bond donors (Lipinski definition) is 0. The first kappa shape index (κ1) is 17.5. The van der Waals surface area contributed by atoms with Crippen molar-refractivity contribution in [3.63, 3.8) is 0 Å². The molecule has 0 N–H and O–H groups in total. The molecule has 1 unspecified atom stereocenters. The molecule has 0 saturated carbocycles. The van der Waals surface area contributed by atoms with Crippen molar-refractivity contribution in [3.05, 3.63) is 66.2 Å². The molecule has 0 aromatic heterocycles. The fourth-order valence-corrected chi connectivity index (χ4v) is 7.85. The van der Waals surface area contributed by atoms with Crippen LogP contribution < -0.4 is 4.46 Å². The van der Waals surface area contributed by atoms with Gasteiger partial charge in [0.05, 0.1) is 0 Å². The topological polar surface area (TPSA) is 35.5 Å². The quantitative estimate of drug-likeness (QED) is 0.511. The van der Waals surface area contributed by atoms with E-state index in [0.717, 1.165) is 5.56 Å². The van der Waals surface area contributed by atoms with Gasteiger partial charge in [-0.3, -0.25) is 0 Å². The maximum atomic E-state index is 13.3. The van der Waals surface area contributed by atoms with Gasteiger partial charge in [0.25, 0.3) is 0 Å². The summed E-state index contributed by atoms with van der Waals surface area (Å²) in [6, 6.07) is 20.0. The zero-order chi connectivity index (χ0) is 15.8. The molecule has 22 heavy (non-hydrogen) atoms. The van der Waals surface area contributed by atoms with Crippen LogP contribution in [0, 0.1) is 0 Å². The second kappa shape index (κ2) is 8.67. The van der Waals surface area contributed by atoms with Crippen molar-refractivity contribution in [1.82, 2.24) is 0 Å². The van der Waals surface area contributed by atoms with E-state index in [2.05, 4.69) is 12.1 Å². The molecule has 0 radical (unpaired) electrons. The van der Waals surface area contributed by atoms with Crippen molar-refractivity contribution < 1.29 is 13.6 Å². The Hall–Kier alpha value is -0.891. The van der Waals surface area contributed by atoms with Gasteiger partial charge in [0, 0.05) is 0 Å². The maximum absolute atomic E-state index is 13.3. The van der Waals surface area contributed by atoms with E-state index < -0.39 is 7.60 Å². The molecule has 0 amide bonds. The Balaban J connectivity index is 2.38.